The van der Waals surface area contributed by atoms with Gasteiger partial charge in [0.2, 0.25) is 0 Å². The van der Waals surface area contributed by atoms with Crippen LogP contribution < -0.4 is 21.5 Å². The normalized spacial score (nSPS) is 16.2. The summed E-state index contributed by atoms with van der Waals surface area (Å²) in [6.45, 7) is 5.34. The molecule has 10 heteroatoms. The molecule has 1 aliphatic heterocycles. The molecule has 4 rings (SSSR count). The van der Waals surface area contributed by atoms with Crippen LogP contribution in [0.4, 0.5) is 30.4 Å². The molecular weight excluding hydrogens is 433 g/mol. The van der Waals surface area contributed by atoms with Gasteiger partial charge in [0.15, 0.2) is 5.82 Å². The van der Waals surface area contributed by atoms with E-state index < -0.39 is 17.8 Å². The molecule has 3 N–H and O–H groups in total. The monoisotopic (exact) mass is 460 g/mol. The lowest BCUT2D eigenvalue weighted by Crippen LogP contribution is -2.44. The van der Waals surface area contributed by atoms with Crippen LogP contribution in [0.15, 0.2) is 41.2 Å². The number of halogens is 3. The van der Waals surface area contributed by atoms with E-state index in [9.17, 15) is 18.0 Å². The fourth-order valence-electron chi connectivity index (χ4n) is 4.08. The van der Waals surface area contributed by atoms with Gasteiger partial charge in [-0.25, -0.2) is 4.68 Å². The summed E-state index contributed by atoms with van der Waals surface area (Å²) < 4.78 is 41.0. The molecule has 0 radical (unpaired) electrons. The van der Waals surface area contributed by atoms with E-state index in [1.54, 1.807) is 20.0 Å². The molecule has 1 aliphatic rings. The fraction of sp³-hybridized carbons (Fsp3) is 0.391. The number of fused-ring (bicyclic) bond motifs is 1. The van der Waals surface area contributed by atoms with Crippen molar-refractivity contribution in [3.63, 3.8) is 0 Å². The maximum atomic E-state index is 13.3. The Balaban J connectivity index is 1.72. The smallest absolute Gasteiger partial charge is 0.399 e. The lowest BCUT2D eigenvalue weighted by molar-refractivity contribution is -0.137. The molecule has 0 amide bonds. The molecule has 1 fully saturated rings. The molecule has 0 saturated carbocycles. The van der Waals surface area contributed by atoms with Gasteiger partial charge >= 0.3 is 6.18 Å². The number of piperazine rings is 1. The zero-order chi connectivity index (χ0) is 23.9. The van der Waals surface area contributed by atoms with E-state index in [4.69, 9.17) is 5.73 Å². The van der Waals surface area contributed by atoms with Crippen LogP contribution in [0.25, 0.3) is 10.8 Å². The van der Waals surface area contributed by atoms with Gasteiger partial charge in [-0.3, -0.25) is 4.79 Å². The molecule has 0 aliphatic carbocycles. The molecule has 2 aromatic carbocycles. The van der Waals surface area contributed by atoms with Crippen molar-refractivity contribution in [3.8, 4) is 0 Å². The van der Waals surface area contributed by atoms with Gasteiger partial charge in [0.1, 0.15) is 0 Å². The first kappa shape index (κ1) is 22.9. The summed E-state index contributed by atoms with van der Waals surface area (Å²) >= 11 is 0. The fourth-order valence-corrected chi connectivity index (χ4v) is 4.08. The molecule has 0 bridgehead atoms. The van der Waals surface area contributed by atoms with E-state index in [2.05, 4.69) is 27.3 Å². The minimum absolute atomic E-state index is 0.0316. The van der Waals surface area contributed by atoms with E-state index in [0.29, 0.717) is 22.2 Å². The minimum Gasteiger partial charge on any atom is -0.399 e. The van der Waals surface area contributed by atoms with Crippen molar-refractivity contribution in [1.29, 1.82) is 0 Å². The highest BCUT2D eigenvalue weighted by molar-refractivity contribution is 5.93. The molecule has 33 heavy (non-hydrogen) atoms. The van der Waals surface area contributed by atoms with E-state index in [0.717, 1.165) is 44.0 Å². The Morgan fingerprint density at radius 2 is 1.73 bits per heavy atom. The topological polar surface area (TPSA) is 79.4 Å². The first-order valence-electron chi connectivity index (χ1n) is 10.7. The summed E-state index contributed by atoms with van der Waals surface area (Å²) in [5.74, 6) is 0.423. The number of anilines is 3. The summed E-state index contributed by atoms with van der Waals surface area (Å²) in [7, 11) is 3.63. The van der Waals surface area contributed by atoms with Gasteiger partial charge in [0, 0.05) is 50.0 Å². The largest absolute Gasteiger partial charge is 0.416 e. The highest BCUT2D eigenvalue weighted by atomic mass is 19.4. The molecule has 3 aromatic rings. The Morgan fingerprint density at radius 3 is 2.39 bits per heavy atom. The summed E-state index contributed by atoms with van der Waals surface area (Å²) in [4.78, 5) is 17.2. The minimum atomic E-state index is -4.50. The number of likely N-dealkylation sites (N-methyl/N-ethyl adjacent to an activating group) is 1. The Hall–Kier alpha value is -3.27. The predicted molar refractivity (Wildman–Crippen MR) is 125 cm³/mol. The maximum absolute atomic E-state index is 13.3. The molecular formula is C23H27F3N6O. The van der Waals surface area contributed by atoms with Gasteiger partial charge in [-0.15, -0.1) is 0 Å². The molecule has 1 atom stereocenters. The van der Waals surface area contributed by atoms with Crippen molar-refractivity contribution in [2.24, 2.45) is 7.05 Å². The number of nitrogens with zero attached hydrogens (tertiary/aromatic N) is 4. The SMILES string of the molecule is C[C@@H](Nc1nn(C)c(=O)c2ccc(N3CCN(C)CC3)cc12)c1cc(N)cc(C(F)(F)F)c1. The maximum Gasteiger partial charge on any atom is 0.416 e. The van der Waals surface area contributed by atoms with E-state index in [1.165, 1.54) is 10.7 Å². The molecule has 0 spiro atoms. The molecule has 176 valence electrons. The third-order valence-corrected chi connectivity index (χ3v) is 6.06. The van der Waals surface area contributed by atoms with Crippen LogP contribution in [0.3, 0.4) is 0 Å². The lowest BCUT2D eigenvalue weighted by atomic mass is 10.0. The number of benzene rings is 2. The van der Waals surface area contributed by atoms with Crippen molar-refractivity contribution in [3.05, 3.63) is 57.9 Å². The summed E-state index contributed by atoms with van der Waals surface area (Å²) in [5.41, 5.74) is 6.08. The average molecular weight is 461 g/mol. The van der Waals surface area contributed by atoms with Crippen LogP contribution in [0.5, 0.6) is 0 Å². The zero-order valence-corrected chi connectivity index (χ0v) is 18.8. The average Bonchev–Trinajstić information content (AvgIpc) is 2.76. The molecule has 7 nitrogen and oxygen atoms in total. The lowest BCUT2D eigenvalue weighted by Gasteiger charge is -2.34. The molecule has 0 unspecified atom stereocenters. The van der Waals surface area contributed by atoms with Crippen molar-refractivity contribution in [1.82, 2.24) is 14.7 Å². The number of nitrogens with two attached hydrogens (primary N) is 1. The number of nitrogen functional groups attached to an aromatic ring is 1. The van der Waals surface area contributed by atoms with Gasteiger partial charge in [0.05, 0.1) is 17.0 Å². The first-order valence-corrected chi connectivity index (χ1v) is 10.7. The van der Waals surface area contributed by atoms with E-state index in [1.807, 2.05) is 12.1 Å². The Bertz CT molecular complexity index is 1230. The van der Waals surface area contributed by atoms with E-state index in [-0.39, 0.29) is 11.2 Å². The van der Waals surface area contributed by atoms with E-state index >= 15 is 0 Å². The second kappa shape index (κ2) is 8.58. The first-order chi connectivity index (χ1) is 15.5. The van der Waals surface area contributed by atoms with Gasteiger partial charge in [-0.1, -0.05) is 0 Å². The highest BCUT2D eigenvalue weighted by Crippen LogP contribution is 2.34. The van der Waals surface area contributed by atoms with Crippen LogP contribution in [-0.4, -0.2) is 47.9 Å². The van der Waals surface area contributed by atoms with Gasteiger partial charge in [-0.2, -0.15) is 18.3 Å². The number of hydrogen-bond donors (Lipinski definition) is 2. The van der Waals surface area contributed by atoms with Crippen molar-refractivity contribution < 1.29 is 13.2 Å². The third-order valence-electron chi connectivity index (χ3n) is 6.06. The van der Waals surface area contributed by atoms with Gasteiger partial charge in [-0.05, 0) is 55.9 Å². The summed E-state index contributed by atoms with van der Waals surface area (Å²) in [5, 5.41) is 8.68. The van der Waals surface area contributed by atoms with Crippen LogP contribution in [0, 0.1) is 0 Å². The molecule has 1 aromatic heterocycles. The van der Waals surface area contributed by atoms with Crippen LogP contribution in [-0.2, 0) is 13.2 Å². The van der Waals surface area contributed by atoms with Gasteiger partial charge in [0.25, 0.3) is 5.56 Å². The number of aromatic nitrogens is 2. The standard InChI is InChI=1S/C23H27F3N6O/c1-14(15-10-16(23(24,25)26)12-17(27)11-15)28-21-20-13-18(32-8-6-30(2)7-9-32)4-5-19(20)22(33)31(3)29-21/h4-5,10-14H,6-9,27H2,1-3H3,(H,28,29)/t14-/m1/s1. The van der Waals surface area contributed by atoms with Gasteiger partial charge < -0.3 is 20.9 Å². The number of rotatable bonds is 4. The van der Waals surface area contributed by atoms with Crippen LogP contribution in [0.2, 0.25) is 0 Å². The molecule has 2 heterocycles. The zero-order valence-electron chi connectivity index (χ0n) is 18.8. The molecule has 1 saturated heterocycles. The second-order valence-corrected chi connectivity index (χ2v) is 8.55. The number of alkyl halides is 3. The number of aryl methyl sites for hydroxylation is 1. The summed E-state index contributed by atoms with van der Waals surface area (Å²) in [6, 6.07) is 8.60. The highest BCUT2D eigenvalue weighted by Gasteiger charge is 2.31. The van der Waals surface area contributed by atoms with Crippen molar-refractivity contribution >= 4 is 28.0 Å². The number of hydrogen-bond acceptors (Lipinski definition) is 6. The van der Waals surface area contributed by atoms with Crippen molar-refractivity contribution in [2.45, 2.75) is 19.1 Å². The van der Waals surface area contributed by atoms with Crippen LogP contribution >= 0.6 is 0 Å². The third kappa shape index (κ3) is 4.75. The Morgan fingerprint density at radius 1 is 1.03 bits per heavy atom. The second-order valence-electron chi connectivity index (χ2n) is 8.55. The van der Waals surface area contributed by atoms with Crippen LogP contribution in [0.1, 0.15) is 24.1 Å². The Kier molecular flexibility index (Phi) is 5.96. The van der Waals surface area contributed by atoms with Crippen molar-refractivity contribution in [2.75, 3.05) is 49.2 Å². The number of nitrogens with one attached hydrogen (secondary N) is 1. The predicted octanol–water partition coefficient (Wildman–Crippen LogP) is 3.46. The summed E-state index contributed by atoms with van der Waals surface area (Å²) in [6.07, 6.45) is -4.50. The Labute approximate surface area is 189 Å². The quantitative estimate of drug-likeness (QED) is 0.581.